The summed E-state index contributed by atoms with van der Waals surface area (Å²) in [5.41, 5.74) is 1.32. The third-order valence-corrected chi connectivity index (χ3v) is 2.89. The van der Waals surface area contributed by atoms with Crippen LogP contribution in [0.4, 0.5) is 0 Å². The third-order valence-electron chi connectivity index (χ3n) is 2.89. The predicted molar refractivity (Wildman–Crippen MR) is 71.0 cm³/mol. The molecule has 1 amide bonds. The van der Waals surface area contributed by atoms with Crippen molar-refractivity contribution in [3.8, 4) is 0 Å². The van der Waals surface area contributed by atoms with Crippen molar-refractivity contribution in [1.82, 2.24) is 15.1 Å². The standard InChI is InChI=1S/C13H21N3O3/c1-9(2)5-7-16-10(3)11(8-15-16)13(19)14-6-4-12(17)18/h8-9H,4-7H2,1-3H3,(H,14,19)(H,17,18). The van der Waals surface area contributed by atoms with E-state index in [2.05, 4.69) is 24.3 Å². The lowest BCUT2D eigenvalue weighted by atomic mass is 10.1. The van der Waals surface area contributed by atoms with E-state index in [9.17, 15) is 9.59 Å². The highest BCUT2D eigenvalue weighted by molar-refractivity contribution is 5.95. The average Bonchev–Trinajstić information content (AvgIpc) is 2.67. The van der Waals surface area contributed by atoms with Crippen LogP contribution < -0.4 is 5.32 Å². The number of carbonyl (C=O) groups is 2. The lowest BCUT2D eigenvalue weighted by Gasteiger charge is -2.07. The third kappa shape index (κ3) is 4.73. The molecule has 1 rings (SSSR count). The molecule has 0 radical (unpaired) electrons. The zero-order chi connectivity index (χ0) is 14.4. The molecule has 0 spiro atoms. The van der Waals surface area contributed by atoms with Crippen LogP contribution >= 0.6 is 0 Å². The van der Waals surface area contributed by atoms with Crippen LogP contribution in [0.3, 0.4) is 0 Å². The van der Waals surface area contributed by atoms with E-state index in [1.807, 2.05) is 11.6 Å². The minimum atomic E-state index is -0.926. The highest BCUT2D eigenvalue weighted by Gasteiger charge is 2.14. The average molecular weight is 267 g/mol. The largest absolute Gasteiger partial charge is 0.481 e. The first-order valence-corrected chi connectivity index (χ1v) is 6.44. The lowest BCUT2D eigenvalue weighted by Crippen LogP contribution is -2.26. The molecular formula is C13H21N3O3. The van der Waals surface area contributed by atoms with E-state index in [0.717, 1.165) is 18.7 Å². The number of carboxylic acid groups (broad SMARTS) is 1. The van der Waals surface area contributed by atoms with Gasteiger partial charge in [0.2, 0.25) is 0 Å². The Morgan fingerprint density at radius 3 is 2.74 bits per heavy atom. The Labute approximate surface area is 112 Å². The van der Waals surface area contributed by atoms with Gasteiger partial charge in [-0.1, -0.05) is 13.8 Å². The summed E-state index contributed by atoms with van der Waals surface area (Å²) in [5.74, 6) is -0.615. The normalized spacial score (nSPS) is 10.7. The van der Waals surface area contributed by atoms with Gasteiger partial charge >= 0.3 is 5.97 Å². The van der Waals surface area contributed by atoms with Crippen molar-refractivity contribution >= 4 is 11.9 Å². The molecule has 0 saturated carbocycles. The maximum Gasteiger partial charge on any atom is 0.305 e. The molecule has 0 aliphatic heterocycles. The van der Waals surface area contributed by atoms with E-state index in [-0.39, 0.29) is 18.9 Å². The lowest BCUT2D eigenvalue weighted by molar-refractivity contribution is -0.136. The molecule has 106 valence electrons. The van der Waals surface area contributed by atoms with Crippen LogP contribution in [0.15, 0.2) is 6.20 Å². The van der Waals surface area contributed by atoms with Gasteiger partial charge in [-0.15, -0.1) is 0 Å². The van der Waals surface area contributed by atoms with E-state index >= 15 is 0 Å². The van der Waals surface area contributed by atoms with Gasteiger partial charge in [0, 0.05) is 18.8 Å². The number of amides is 1. The zero-order valence-electron chi connectivity index (χ0n) is 11.6. The van der Waals surface area contributed by atoms with Crippen molar-refractivity contribution < 1.29 is 14.7 Å². The van der Waals surface area contributed by atoms with Gasteiger partial charge in [-0.05, 0) is 19.3 Å². The summed E-state index contributed by atoms with van der Waals surface area (Å²) < 4.78 is 1.81. The summed E-state index contributed by atoms with van der Waals surface area (Å²) >= 11 is 0. The first kappa shape index (κ1) is 15.2. The number of rotatable bonds is 7. The van der Waals surface area contributed by atoms with Crippen molar-refractivity contribution in [2.24, 2.45) is 5.92 Å². The maximum absolute atomic E-state index is 11.8. The number of aliphatic carboxylic acids is 1. The van der Waals surface area contributed by atoms with Gasteiger partial charge in [-0.25, -0.2) is 0 Å². The van der Waals surface area contributed by atoms with Gasteiger partial charge in [0.15, 0.2) is 0 Å². The van der Waals surface area contributed by atoms with Crippen LogP contribution in [0.2, 0.25) is 0 Å². The number of carboxylic acids is 1. The van der Waals surface area contributed by atoms with Crippen LogP contribution in [0.25, 0.3) is 0 Å². The fourth-order valence-corrected chi connectivity index (χ4v) is 1.65. The first-order valence-electron chi connectivity index (χ1n) is 6.44. The van der Waals surface area contributed by atoms with Gasteiger partial charge in [-0.3, -0.25) is 14.3 Å². The number of carbonyl (C=O) groups excluding carboxylic acids is 1. The highest BCUT2D eigenvalue weighted by atomic mass is 16.4. The molecule has 0 aliphatic carbocycles. The van der Waals surface area contributed by atoms with Crippen LogP contribution in [-0.2, 0) is 11.3 Å². The Hall–Kier alpha value is -1.85. The molecule has 6 nitrogen and oxygen atoms in total. The smallest absolute Gasteiger partial charge is 0.305 e. The van der Waals surface area contributed by atoms with Crippen LogP contribution in [0.1, 0.15) is 42.7 Å². The monoisotopic (exact) mass is 267 g/mol. The summed E-state index contributed by atoms with van der Waals surface area (Å²) in [6.45, 7) is 7.03. The minimum Gasteiger partial charge on any atom is -0.481 e. The van der Waals surface area contributed by atoms with Gasteiger partial charge in [0.05, 0.1) is 18.2 Å². The number of hydrogen-bond acceptors (Lipinski definition) is 3. The van der Waals surface area contributed by atoms with E-state index in [1.54, 1.807) is 0 Å². The number of aromatic nitrogens is 2. The second-order valence-corrected chi connectivity index (χ2v) is 4.95. The molecule has 2 N–H and O–H groups in total. The van der Waals surface area contributed by atoms with Crippen LogP contribution in [0.5, 0.6) is 0 Å². The number of hydrogen-bond donors (Lipinski definition) is 2. The molecule has 0 unspecified atom stereocenters. The van der Waals surface area contributed by atoms with Gasteiger partial charge < -0.3 is 10.4 Å². The zero-order valence-corrected chi connectivity index (χ0v) is 11.6. The summed E-state index contributed by atoms with van der Waals surface area (Å²) in [5, 5.41) is 15.3. The van der Waals surface area contributed by atoms with Crippen molar-refractivity contribution in [2.75, 3.05) is 6.54 Å². The van der Waals surface area contributed by atoms with E-state index in [0.29, 0.717) is 11.5 Å². The topological polar surface area (TPSA) is 84.2 Å². The summed E-state index contributed by atoms with van der Waals surface area (Å²) in [6, 6.07) is 0. The second-order valence-electron chi connectivity index (χ2n) is 4.95. The van der Waals surface area contributed by atoms with Gasteiger partial charge in [0.1, 0.15) is 0 Å². The first-order chi connectivity index (χ1) is 8.91. The number of aryl methyl sites for hydroxylation is 1. The summed E-state index contributed by atoms with van der Waals surface area (Å²) in [6.07, 6.45) is 2.46. The summed E-state index contributed by atoms with van der Waals surface area (Å²) in [4.78, 5) is 22.2. The molecular weight excluding hydrogens is 246 g/mol. The fourth-order valence-electron chi connectivity index (χ4n) is 1.65. The molecule has 0 fully saturated rings. The van der Waals surface area contributed by atoms with Crippen molar-refractivity contribution in [3.05, 3.63) is 17.5 Å². The summed E-state index contributed by atoms with van der Waals surface area (Å²) in [7, 11) is 0. The Morgan fingerprint density at radius 1 is 1.47 bits per heavy atom. The minimum absolute atomic E-state index is 0.0771. The highest BCUT2D eigenvalue weighted by Crippen LogP contribution is 2.10. The number of nitrogens with zero attached hydrogens (tertiary/aromatic N) is 2. The van der Waals surface area contributed by atoms with Crippen LogP contribution in [-0.4, -0.2) is 33.3 Å². The molecule has 1 aromatic heterocycles. The van der Waals surface area contributed by atoms with Crippen molar-refractivity contribution in [3.63, 3.8) is 0 Å². The van der Waals surface area contributed by atoms with Gasteiger partial charge in [-0.2, -0.15) is 5.10 Å². The number of nitrogens with one attached hydrogen (secondary N) is 1. The predicted octanol–water partition coefficient (Wildman–Crippen LogP) is 1.44. The van der Waals surface area contributed by atoms with Gasteiger partial charge in [0.25, 0.3) is 5.91 Å². The van der Waals surface area contributed by atoms with Crippen molar-refractivity contribution in [2.45, 2.75) is 40.2 Å². The van der Waals surface area contributed by atoms with Crippen molar-refractivity contribution in [1.29, 1.82) is 0 Å². The molecule has 0 bridgehead atoms. The Bertz CT molecular complexity index is 452. The molecule has 19 heavy (non-hydrogen) atoms. The Morgan fingerprint density at radius 2 is 2.16 bits per heavy atom. The van der Waals surface area contributed by atoms with Crippen LogP contribution in [0, 0.1) is 12.8 Å². The molecule has 6 heteroatoms. The fraction of sp³-hybridized carbons (Fsp3) is 0.615. The quantitative estimate of drug-likeness (QED) is 0.783. The maximum atomic E-state index is 11.8. The SMILES string of the molecule is Cc1c(C(=O)NCCC(=O)O)cnn1CCC(C)C. The molecule has 0 aromatic carbocycles. The Balaban J connectivity index is 2.58. The van der Waals surface area contributed by atoms with E-state index in [1.165, 1.54) is 6.20 Å². The van der Waals surface area contributed by atoms with E-state index < -0.39 is 5.97 Å². The Kier molecular flexibility index (Phi) is 5.54. The van der Waals surface area contributed by atoms with E-state index in [4.69, 9.17) is 5.11 Å². The molecule has 0 aliphatic rings. The molecule has 1 aromatic rings. The second kappa shape index (κ2) is 6.92. The molecule has 0 atom stereocenters. The molecule has 0 saturated heterocycles. The molecule has 1 heterocycles.